The quantitative estimate of drug-likeness (QED) is 0.775. The van der Waals surface area contributed by atoms with Gasteiger partial charge in [0.1, 0.15) is 0 Å². The first-order valence-corrected chi connectivity index (χ1v) is 5.49. The molecule has 0 spiro atoms. The number of rotatable bonds is 3. The van der Waals surface area contributed by atoms with Crippen molar-refractivity contribution in [2.24, 2.45) is 5.73 Å². The Hall–Kier alpha value is -1.39. The second-order valence-electron chi connectivity index (χ2n) is 3.96. The van der Waals surface area contributed by atoms with Crippen LogP contribution in [0.2, 0.25) is 0 Å². The number of fused-ring (bicyclic) bond motifs is 1. The van der Waals surface area contributed by atoms with Gasteiger partial charge in [-0.3, -0.25) is 4.79 Å². The molecule has 0 fully saturated rings. The number of hydrogen-bond acceptors (Lipinski definition) is 3. The van der Waals surface area contributed by atoms with Crippen molar-refractivity contribution in [1.82, 2.24) is 0 Å². The van der Waals surface area contributed by atoms with E-state index in [0.717, 1.165) is 24.2 Å². The van der Waals surface area contributed by atoms with E-state index < -0.39 is 0 Å². The van der Waals surface area contributed by atoms with Crippen molar-refractivity contribution in [1.29, 1.82) is 0 Å². The molecule has 1 heterocycles. The highest BCUT2D eigenvalue weighted by Crippen LogP contribution is 2.29. The maximum absolute atomic E-state index is 11.8. The standard InChI is InChI=1S/C12H16N2O2/c13-5-3-12(16)14-6-4-10-2-1-9(8-15)7-11(10)14/h1-2,7,15H,3-6,8,13H2. The average Bonchev–Trinajstić information content (AvgIpc) is 2.71. The lowest BCUT2D eigenvalue weighted by atomic mass is 10.1. The summed E-state index contributed by atoms with van der Waals surface area (Å²) in [5, 5.41) is 9.07. The molecule has 16 heavy (non-hydrogen) atoms. The van der Waals surface area contributed by atoms with E-state index in [2.05, 4.69) is 0 Å². The summed E-state index contributed by atoms with van der Waals surface area (Å²) < 4.78 is 0. The number of anilines is 1. The first kappa shape index (κ1) is 11.1. The second kappa shape index (κ2) is 4.63. The Morgan fingerprint density at radius 3 is 3.00 bits per heavy atom. The van der Waals surface area contributed by atoms with Crippen LogP contribution in [0.5, 0.6) is 0 Å². The van der Waals surface area contributed by atoms with Gasteiger partial charge in [0.2, 0.25) is 5.91 Å². The minimum atomic E-state index is 0.00615. The first-order valence-electron chi connectivity index (χ1n) is 5.49. The van der Waals surface area contributed by atoms with Crippen molar-refractivity contribution in [3.8, 4) is 0 Å². The van der Waals surface area contributed by atoms with E-state index in [1.54, 1.807) is 4.90 Å². The SMILES string of the molecule is NCCC(=O)N1CCc2ccc(CO)cc21. The monoisotopic (exact) mass is 220 g/mol. The van der Waals surface area contributed by atoms with Crippen LogP contribution in [-0.4, -0.2) is 24.1 Å². The minimum absolute atomic E-state index is 0.00615. The van der Waals surface area contributed by atoms with Crippen molar-refractivity contribution in [2.75, 3.05) is 18.0 Å². The highest BCUT2D eigenvalue weighted by atomic mass is 16.3. The lowest BCUT2D eigenvalue weighted by Crippen LogP contribution is -2.30. The Labute approximate surface area is 94.7 Å². The zero-order valence-corrected chi connectivity index (χ0v) is 9.15. The fraction of sp³-hybridized carbons (Fsp3) is 0.417. The summed E-state index contributed by atoms with van der Waals surface area (Å²) in [7, 11) is 0. The Morgan fingerprint density at radius 2 is 2.31 bits per heavy atom. The molecule has 2 rings (SSSR count). The summed E-state index contributed by atoms with van der Waals surface area (Å²) in [5.41, 5.74) is 8.33. The first-order chi connectivity index (χ1) is 7.76. The van der Waals surface area contributed by atoms with Crippen molar-refractivity contribution in [3.05, 3.63) is 29.3 Å². The summed E-state index contributed by atoms with van der Waals surface area (Å²) in [4.78, 5) is 13.6. The molecule has 1 amide bonds. The number of benzene rings is 1. The van der Waals surface area contributed by atoms with Crippen LogP contribution in [0.4, 0.5) is 5.69 Å². The van der Waals surface area contributed by atoms with Crippen molar-refractivity contribution < 1.29 is 9.90 Å². The van der Waals surface area contributed by atoms with Gasteiger partial charge < -0.3 is 15.7 Å². The lowest BCUT2D eigenvalue weighted by molar-refractivity contribution is -0.118. The lowest BCUT2D eigenvalue weighted by Gasteiger charge is -2.17. The number of amides is 1. The zero-order valence-electron chi connectivity index (χ0n) is 9.15. The van der Waals surface area contributed by atoms with Gasteiger partial charge in [0, 0.05) is 25.2 Å². The van der Waals surface area contributed by atoms with Gasteiger partial charge in [-0.1, -0.05) is 12.1 Å². The minimum Gasteiger partial charge on any atom is -0.392 e. The molecule has 0 bridgehead atoms. The summed E-state index contributed by atoms with van der Waals surface area (Å²) in [6, 6.07) is 5.77. The molecule has 1 aromatic rings. The molecule has 4 nitrogen and oxygen atoms in total. The number of nitrogens with two attached hydrogens (primary N) is 1. The Bertz CT molecular complexity index is 404. The molecule has 0 aliphatic carbocycles. The maximum Gasteiger partial charge on any atom is 0.228 e. The molecule has 1 aliphatic heterocycles. The van der Waals surface area contributed by atoms with Crippen LogP contribution in [0.15, 0.2) is 18.2 Å². The molecule has 0 unspecified atom stereocenters. The number of carbonyl (C=O) groups is 1. The van der Waals surface area contributed by atoms with E-state index in [1.165, 1.54) is 5.56 Å². The zero-order chi connectivity index (χ0) is 11.5. The molecule has 86 valence electrons. The topological polar surface area (TPSA) is 66.6 Å². The predicted molar refractivity (Wildman–Crippen MR) is 62.1 cm³/mol. The summed E-state index contributed by atoms with van der Waals surface area (Å²) in [6.07, 6.45) is 1.26. The van der Waals surface area contributed by atoms with E-state index in [0.29, 0.717) is 13.0 Å². The number of aliphatic hydroxyl groups excluding tert-OH is 1. The highest BCUT2D eigenvalue weighted by molar-refractivity contribution is 5.95. The molecular weight excluding hydrogens is 204 g/mol. The van der Waals surface area contributed by atoms with E-state index in [1.807, 2.05) is 18.2 Å². The molecular formula is C12H16N2O2. The third-order valence-electron chi connectivity index (χ3n) is 2.89. The molecule has 0 saturated heterocycles. The van der Waals surface area contributed by atoms with Crippen LogP contribution < -0.4 is 10.6 Å². The van der Waals surface area contributed by atoms with E-state index >= 15 is 0 Å². The molecule has 1 aromatic carbocycles. The van der Waals surface area contributed by atoms with Gasteiger partial charge in [-0.15, -0.1) is 0 Å². The van der Waals surface area contributed by atoms with Crippen LogP contribution in [0, 0.1) is 0 Å². The molecule has 3 N–H and O–H groups in total. The maximum atomic E-state index is 11.8. The van der Waals surface area contributed by atoms with Gasteiger partial charge in [-0.2, -0.15) is 0 Å². The van der Waals surface area contributed by atoms with Crippen molar-refractivity contribution >= 4 is 11.6 Å². The third kappa shape index (κ3) is 1.94. The highest BCUT2D eigenvalue weighted by Gasteiger charge is 2.23. The second-order valence-corrected chi connectivity index (χ2v) is 3.96. The number of nitrogens with zero attached hydrogens (tertiary/aromatic N) is 1. The average molecular weight is 220 g/mol. The molecule has 0 saturated carbocycles. The van der Waals surface area contributed by atoms with Crippen LogP contribution in [0.25, 0.3) is 0 Å². The van der Waals surface area contributed by atoms with Gasteiger partial charge in [-0.25, -0.2) is 0 Å². The van der Waals surface area contributed by atoms with Crippen LogP contribution in [-0.2, 0) is 17.8 Å². The van der Waals surface area contributed by atoms with Gasteiger partial charge >= 0.3 is 0 Å². The number of aliphatic hydroxyl groups is 1. The van der Waals surface area contributed by atoms with Gasteiger partial charge in [0.25, 0.3) is 0 Å². The summed E-state index contributed by atoms with van der Waals surface area (Å²) in [5.74, 6) is 0.0661. The fourth-order valence-corrected chi connectivity index (χ4v) is 2.04. The smallest absolute Gasteiger partial charge is 0.228 e. The van der Waals surface area contributed by atoms with Crippen molar-refractivity contribution in [3.63, 3.8) is 0 Å². The largest absolute Gasteiger partial charge is 0.392 e. The van der Waals surface area contributed by atoms with Gasteiger partial charge in [0.05, 0.1) is 6.61 Å². The Balaban J connectivity index is 2.27. The predicted octanol–water partition coefficient (Wildman–Crippen LogP) is 0.417. The van der Waals surface area contributed by atoms with Crippen LogP contribution in [0.1, 0.15) is 17.5 Å². The van der Waals surface area contributed by atoms with E-state index in [9.17, 15) is 4.79 Å². The molecule has 1 aliphatic rings. The van der Waals surface area contributed by atoms with Crippen LogP contribution >= 0.6 is 0 Å². The van der Waals surface area contributed by atoms with Crippen LogP contribution in [0.3, 0.4) is 0 Å². The molecule has 4 heteroatoms. The van der Waals surface area contributed by atoms with Gasteiger partial charge in [0.15, 0.2) is 0 Å². The molecule has 0 radical (unpaired) electrons. The summed E-state index contributed by atoms with van der Waals surface area (Å²) >= 11 is 0. The number of carbonyl (C=O) groups excluding carboxylic acids is 1. The molecule has 0 atom stereocenters. The fourth-order valence-electron chi connectivity index (χ4n) is 2.04. The van der Waals surface area contributed by atoms with Gasteiger partial charge in [-0.05, 0) is 23.6 Å². The Kier molecular flexibility index (Phi) is 3.22. The third-order valence-corrected chi connectivity index (χ3v) is 2.89. The van der Waals surface area contributed by atoms with E-state index in [-0.39, 0.29) is 12.5 Å². The van der Waals surface area contributed by atoms with E-state index in [4.69, 9.17) is 10.8 Å². The number of hydrogen-bond donors (Lipinski definition) is 2. The Morgan fingerprint density at radius 1 is 1.50 bits per heavy atom. The summed E-state index contributed by atoms with van der Waals surface area (Å²) in [6.45, 7) is 1.11. The normalized spacial score (nSPS) is 14.0. The van der Waals surface area contributed by atoms with Crippen molar-refractivity contribution in [2.45, 2.75) is 19.4 Å². The molecule has 0 aromatic heterocycles.